The van der Waals surface area contributed by atoms with Gasteiger partial charge in [0.1, 0.15) is 0 Å². The van der Waals surface area contributed by atoms with Gasteiger partial charge in [-0.25, -0.2) is 4.98 Å². The maximum absolute atomic E-state index is 5.93. The fourth-order valence-corrected chi connectivity index (χ4v) is 3.59. The van der Waals surface area contributed by atoms with Crippen LogP contribution in [-0.2, 0) is 22.6 Å². The number of thioether (sulfide) groups is 1. The molecule has 0 aliphatic heterocycles. The summed E-state index contributed by atoms with van der Waals surface area (Å²) in [6.45, 7) is 8.96. The van der Waals surface area contributed by atoms with E-state index < -0.39 is 0 Å². The molecule has 0 spiro atoms. The average molecular weight is 455 g/mol. The number of hydrogen-bond acceptors (Lipinski definition) is 6. The number of halogens is 1. The highest BCUT2D eigenvalue weighted by molar-refractivity contribution is 7.98. The van der Waals surface area contributed by atoms with Gasteiger partial charge in [-0.2, -0.15) is 5.10 Å². The van der Waals surface area contributed by atoms with Crippen LogP contribution in [0.2, 0.25) is 5.02 Å². The largest absolute Gasteiger partial charge is 0.274 e. The van der Waals surface area contributed by atoms with E-state index in [4.69, 9.17) is 16.4 Å². The molecule has 1 N–H and O–H groups in total. The number of aryl methyl sites for hydroxylation is 1. The van der Waals surface area contributed by atoms with Gasteiger partial charge in [0.25, 0.3) is 0 Å². The predicted molar refractivity (Wildman–Crippen MR) is 128 cm³/mol. The third kappa shape index (κ3) is 7.35. The quantitative estimate of drug-likeness (QED) is 0.251. The van der Waals surface area contributed by atoms with E-state index >= 15 is 0 Å². The third-order valence-corrected chi connectivity index (χ3v) is 5.77. The van der Waals surface area contributed by atoms with E-state index in [0.29, 0.717) is 11.8 Å². The molecule has 7 heteroatoms. The number of rotatable bonds is 8. The van der Waals surface area contributed by atoms with Crippen LogP contribution in [0.3, 0.4) is 0 Å². The van der Waals surface area contributed by atoms with E-state index in [9.17, 15) is 0 Å². The first kappa shape index (κ1) is 23.3. The number of benzene rings is 2. The lowest BCUT2D eigenvalue weighted by Gasteiger charge is -2.19. The highest BCUT2D eigenvalue weighted by Crippen LogP contribution is 2.22. The molecule has 3 rings (SSSR count). The van der Waals surface area contributed by atoms with Crippen molar-refractivity contribution in [3.05, 3.63) is 87.8 Å². The molecule has 5 nitrogen and oxygen atoms in total. The summed E-state index contributed by atoms with van der Waals surface area (Å²) in [5.41, 5.74) is 8.07. The SMILES string of the molecule is Cc1nnc(SCc2ccc(Cl)cc2)nc1C=CNOCc1ccc(C(C)(C)C)cc1. The van der Waals surface area contributed by atoms with Crippen molar-refractivity contribution < 1.29 is 4.84 Å². The second-order valence-electron chi connectivity index (χ2n) is 8.17. The highest BCUT2D eigenvalue weighted by atomic mass is 35.5. The summed E-state index contributed by atoms with van der Waals surface area (Å²) in [4.78, 5) is 10.1. The lowest BCUT2D eigenvalue weighted by molar-refractivity contribution is 0.0581. The van der Waals surface area contributed by atoms with Gasteiger partial charge in [-0.15, -0.1) is 5.10 Å². The van der Waals surface area contributed by atoms with Gasteiger partial charge in [0, 0.05) is 17.0 Å². The van der Waals surface area contributed by atoms with Crippen molar-refractivity contribution in [3.63, 3.8) is 0 Å². The van der Waals surface area contributed by atoms with E-state index in [1.165, 1.54) is 17.3 Å². The molecule has 0 aliphatic carbocycles. The lowest BCUT2D eigenvalue weighted by atomic mass is 9.87. The molecule has 2 aromatic carbocycles. The van der Waals surface area contributed by atoms with Gasteiger partial charge in [0.05, 0.1) is 18.0 Å². The van der Waals surface area contributed by atoms with E-state index in [1.807, 2.05) is 37.3 Å². The number of nitrogens with zero attached hydrogens (tertiary/aromatic N) is 3. The number of hydrogen-bond donors (Lipinski definition) is 1. The Kier molecular flexibility index (Phi) is 8.07. The van der Waals surface area contributed by atoms with Gasteiger partial charge in [-0.05, 0) is 47.2 Å². The van der Waals surface area contributed by atoms with Crippen LogP contribution in [0.5, 0.6) is 0 Å². The zero-order valence-electron chi connectivity index (χ0n) is 18.2. The third-order valence-electron chi connectivity index (χ3n) is 4.60. The summed E-state index contributed by atoms with van der Waals surface area (Å²) in [5, 5.41) is 9.73. The van der Waals surface area contributed by atoms with E-state index in [2.05, 4.69) is 65.7 Å². The molecule has 1 heterocycles. The zero-order valence-corrected chi connectivity index (χ0v) is 19.8. The maximum atomic E-state index is 5.93. The molecule has 0 saturated carbocycles. The smallest absolute Gasteiger partial charge is 0.209 e. The molecule has 0 radical (unpaired) electrons. The van der Waals surface area contributed by atoms with Gasteiger partial charge in [0.2, 0.25) is 5.16 Å². The molecule has 0 atom stereocenters. The zero-order chi connectivity index (χ0) is 22.3. The van der Waals surface area contributed by atoms with Crippen LogP contribution in [-0.4, -0.2) is 15.2 Å². The van der Waals surface area contributed by atoms with Gasteiger partial charge in [-0.1, -0.05) is 80.5 Å². The topological polar surface area (TPSA) is 59.9 Å². The van der Waals surface area contributed by atoms with E-state index in [1.54, 1.807) is 6.20 Å². The van der Waals surface area contributed by atoms with E-state index in [0.717, 1.165) is 33.3 Å². The Labute approximate surface area is 193 Å². The van der Waals surface area contributed by atoms with E-state index in [-0.39, 0.29) is 5.41 Å². The maximum Gasteiger partial charge on any atom is 0.209 e. The second-order valence-corrected chi connectivity index (χ2v) is 9.55. The molecule has 3 aromatic rings. The molecule has 162 valence electrons. The number of hydroxylamine groups is 1. The Balaban J connectivity index is 1.49. The minimum absolute atomic E-state index is 0.149. The molecule has 0 fully saturated rings. The van der Waals surface area contributed by atoms with Crippen LogP contribution in [0.1, 0.15) is 48.8 Å². The Morgan fingerprint density at radius 2 is 1.68 bits per heavy atom. The number of nitrogens with one attached hydrogen (secondary N) is 1. The van der Waals surface area contributed by atoms with Crippen LogP contribution in [0.4, 0.5) is 0 Å². The summed E-state index contributed by atoms with van der Waals surface area (Å²) in [6, 6.07) is 16.2. The standard InChI is InChI=1S/C24H27ClN4OS/c1-17-22(27-23(29-28-17)31-16-19-7-11-21(25)12-8-19)13-14-26-30-15-18-5-9-20(10-6-18)24(2,3)4/h5-14,26H,15-16H2,1-4H3. The molecular weight excluding hydrogens is 428 g/mol. The normalized spacial score (nSPS) is 11.8. The molecule has 0 unspecified atom stereocenters. The summed E-state index contributed by atoms with van der Waals surface area (Å²) < 4.78 is 0. The average Bonchev–Trinajstić information content (AvgIpc) is 2.74. The van der Waals surface area contributed by atoms with Crippen molar-refractivity contribution in [3.8, 4) is 0 Å². The summed E-state index contributed by atoms with van der Waals surface area (Å²) in [5.74, 6) is 0.750. The second kappa shape index (κ2) is 10.8. The van der Waals surface area contributed by atoms with Crippen LogP contribution in [0.15, 0.2) is 59.9 Å². The first-order chi connectivity index (χ1) is 14.8. The van der Waals surface area contributed by atoms with Crippen LogP contribution in [0, 0.1) is 6.92 Å². The van der Waals surface area contributed by atoms with Crippen molar-refractivity contribution in [1.29, 1.82) is 0 Å². The van der Waals surface area contributed by atoms with Crippen molar-refractivity contribution in [2.45, 2.75) is 50.6 Å². The monoisotopic (exact) mass is 454 g/mol. The first-order valence-corrected chi connectivity index (χ1v) is 11.4. The van der Waals surface area contributed by atoms with Crippen LogP contribution < -0.4 is 5.48 Å². The van der Waals surface area contributed by atoms with Gasteiger partial charge in [-0.3, -0.25) is 10.3 Å². The van der Waals surface area contributed by atoms with Crippen molar-refractivity contribution in [2.24, 2.45) is 0 Å². The predicted octanol–water partition coefficient (Wildman–Crippen LogP) is 6.12. The Morgan fingerprint density at radius 1 is 1.00 bits per heavy atom. The summed E-state index contributed by atoms with van der Waals surface area (Å²) in [6.07, 6.45) is 3.55. The van der Waals surface area contributed by atoms with Crippen molar-refractivity contribution in [2.75, 3.05) is 0 Å². The molecule has 0 bridgehead atoms. The Hall–Kier alpha value is -2.41. The van der Waals surface area contributed by atoms with Crippen LogP contribution >= 0.6 is 23.4 Å². The fourth-order valence-electron chi connectivity index (χ4n) is 2.71. The summed E-state index contributed by atoms with van der Waals surface area (Å²) >= 11 is 7.46. The number of aromatic nitrogens is 3. The minimum atomic E-state index is 0.149. The fraction of sp³-hybridized carbons (Fsp3) is 0.292. The minimum Gasteiger partial charge on any atom is -0.274 e. The first-order valence-electron chi connectivity index (χ1n) is 10.0. The molecular formula is C24H27ClN4OS. The molecule has 0 aliphatic rings. The molecule has 31 heavy (non-hydrogen) atoms. The molecule has 1 aromatic heterocycles. The van der Waals surface area contributed by atoms with Crippen molar-refractivity contribution in [1.82, 2.24) is 20.7 Å². The molecule has 0 saturated heterocycles. The van der Waals surface area contributed by atoms with Crippen LogP contribution in [0.25, 0.3) is 6.08 Å². The van der Waals surface area contributed by atoms with Gasteiger partial charge < -0.3 is 0 Å². The summed E-state index contributed by atoms with van der Waals surface area (Å²) in [7, 11) is 0. The Bertz CT molecular complexity index is 1020. The Morgan fingerprint density at radius 3 is 2.35 bits per heavy atom. The highest BCUT2D eigenvalue weighted by Gasteiger charge is 2.12. The van der Waals surface area contributed by atoms with Crippen molar-refractivity contribution >= 4 is 29.4 Å². The molecule has 0 amide bonds. The van der Waals surface area contributed by atoms with Gasteiger partial charge >= 0.3 is 0 Å². The van der Waals surface area contributed by atoms with Gasteiger partial charge in [0.15, 0.2) is 0 Å². The lowest BCUT2D eigenvalue weighted by Crippen LogP contribution is -2.11.